The van der Waals surface area contributed by atoms with E-state index in [0.717, 1.165) is 16.4 Å². The number of rotatable bonds is 8. The molecule has 32 heavy (non-hydrogen) atoms. The zero-order valence-electron chi connectivity index (χ0n) is 17.6. The smallest absolute Gasteiger partial charge is 0.226 e. The number of nitrogens with zero attached hydrogens (tertiary/aromatic N) is 4. The van der Waals surface area contributed by atoms with Crippen LogP contribution in [0.25, 0.3) is 10.6 Å². The van der Waals surface area contributed by atoms with E-state index in [1.165, 1.54) is 15.6 Å². The Hall–Kier alpha value is -2.82. The molecule has 0 atom stereocenters. The number of benzene rings is 1. The standard InChI is InChI=1S/C22H25N5O3S2/c28-21(16-19-17-31-22(25-19)18-6-2-1-3-7-18)24-10-15-32(29,30)27-13-11-26(12-14-27)20-8-4-5-9-23-20/h1-9,17H,10-16H2,(H,24,28). The molecule has 0 spiro atoms. The van der Waals surface area contributed by atoms with Crippen molar-refractivity contribution in [2.75, 3.05) is 43.4 Å². The molecule has 4 rings (SSSR count). The van der Waals surface area contributed by atoms with Gasteiger partial charge in [0, 0.05) is 49.9 Å². The molecule has 3 heterocycles. The molecule has 1 amide bonds. The number of hydrogen-bond acceptors (Lipinski definition) is 7. The number of carbonyl (C=O) groups is 1. The predicted octanol–water partition coefficient (Wildman–Crippen LogP) is 2.02. The van der Waals surface area contributed by atoms with Crippen molar-refractivity contribution in [2.24, 2.45) is 0 Å². The molecule has 1 N–H and O–H groups in total. The fourth-order valence-corrected chi connectivity index (χ4v) is 5.68. The van der Waals surface area contributed by atoms with E-state index in [1.54, 1.807) is 6.20 Å². The van der Waals surface area contributed by atoms with E-state index in [2.05, 4.69) is 20.2 Å². The third-order valence-electron chi connectivity index (χ3n) is 5.20. The summed E-state index contributed by atoms with van der Waals surface area (Å²) in [5.41, 5.74) is 1.69. The summed E-state index contributed by atoms with van der Waals surface area (Å²) in [6.07, 6.45) is 1.86. The Bertz CT molecular complexity index is 1130. The third-order valence-corrected chi connectivity index (χ3v) is 8.01. The van der Waals surface area contributed by atoms with Gasteiger partial charge in [-0.2, -0.15) is 4.31 Å². The molecular weight excluding hydrogens is 446 g/mol. The summed E-state index contributed by atoms with van der Waals surface area (Å²) >= 11 is 1.49. The summed E-state index contributed by atoms with van der Waals surface area (Å²) in [6, 6.07) is 15.5. The van der Waals surface area contributed by atoms with Gasteiger partial charge in [0.15, 0.2) is 0 Å². The third kappa shape index (κ3) is 5.70. The van der Waals surface area contributed by atoms with Crippen molar-refractivity contribution >= 4 is 33.1 Å². The molecule has 0 bridgehead atoms. The summed E-state index contributed by atoms with van der Waals surface area (Å²) in [5.74, 6) is 0.508. The molecule has 2 aromatic heterocycles. The maximum Gasteiger partial charge on any atom is 0.226 e. The van der Waals surface area contributed by atoms with Crippen LogP contribution in [0, 0.1) is 0 Å². The normalized spacial score (nSPS) is 14.9. The van der Waals surface area contributed by atoms with Gasteiger partial charge < -0.3 is 10.2 Å². The minimum atomic E-state index is -3.43. The summed E-state index contributed by atoms with van der Waals surface area (Å²) in [6.45, 7) is 2.09. The second-order valence-corrected chi connectivity index (χ2v) is 10.4. The molecule has 1 fully saturated rings. The number of nitrogens with one attached hydrogen (secondary N) is 1. The Kier molecular flexibility index (Phi) is 7.13. The number of thiazole rings is 1. The molecule has 1 aliphatic heterocycles. The van der Waals surface area contributed by atoms with Crippen LogP contribution >= 0.6 is 11.3 Å². The lowest BCUT2D eigenvalue weighted by Gasteiger charge is -2.34. The number of amides is 1. The SMILES string of the molecule is O=C(Cc1csc(-c2ccccc2)n1)NCCS(=O)(=O)N1CCN(c2ccccn2)CC1. The molecule has 0 unspecified atom stereocenters. The first-order valence-electron chi connectivity index (χ1n) is 10.4. The van der Waals surface area contributed by atoms with E-state index in [4.69, 9.17) is 0 Å². The van der Waals surface area contributed by atoms with Gasteiger partial charge in [-0.1, -0.05) is 36.4 Å². The largest absolute Gasteiger partial charge is 0.355 e. The van der Waals surface area contributed by atoms with Crippen LogP contribution < -0.4 is 10.2 Å². The van der Waals surface area contributed by atoms with E-state index >= 15 is 0 Å². The second kappa shape index (κ2) is 10.2. The minimum Gasteiger partial charge on any atom is -0.355 e. The molecule has 0 saturated carbocycles. The van der Waals surface area contributed by atoms with Crippen LogP contribution in [0.3, 0.4) is 0 Å². The van der Waals surface area contributed by atoms with Crippen LogP contribution in [0.2, 0.25) is 0 Å². The first-order chi connectivity index (χ1) is 15.5. The molecule has 1 saturated heterocycles. The van der Waals surface area contributed by atoms with E-state index in [-0.39, 0.29) is 24.6 Å². The van der Waals surface area contributed by atoms with Gasteiger partial charge in [-0.15, -0.1) is 11.3 Å². The van der Waals surface area contributed by atoms with Gasteiger partial charge in [0.2, 0.25) is 15.9 Å². The van der Waals surface area contributed by atoms with E-state index in [1.807, 2.05) is 53.9 Å². The van der Waals surface area contributed by atoms with Gasteiger partial charge in [-0.3, -0.25) is 4.79 Å². The molecule has 8 nitrogen and oxygen atoms in total. The summed E-state index contributed by atoms with van der Waals surface area (Å²) in [5, 5.41) is 5.43. The highest BCUT2D eigenvalue weighted by Crippen LogP contribution is 2.23. The van der Waals surface area contributed by atoms with Crippen LogP contribution in [0.4, 0.5) is 5.82 Å². The van der Waals surface area contributed by atoms with Gasteiger partial charge in [-0.05, 0) is 12.1 Å². The number of hydrogen-bond donors (Lipinski definition) is 1. The minimum absolute atomic E-state index is 0.0807. The van der Waals surface area contributed by atoms with E-state index < -0.39 is 10.0 Å². The molecule has 0 aliphatic carbocycles. The maximum absolute atomic E-state index is 12.7. The van der Waals surface area contributed by atoms with Crippen molar-refractivity contribution in [3.8, 4) is 10.6 Å². The maximum atomic E-state index is 12.7. The molecule has 168 valence electrons. The van der Waals surface area contributed by atoms with Crippen LogP contribution in [0.1, 0.15) is 5.69 Å². The topological polar surface area (TPSA) is 95.5 Å². The highest BCUT2D eigenvalue weighted by Gasteiger charge is 2.27. The van der Waals surface area contributed by atoms with Gasteiger partial charge in [0.1, 0.15) is 10.8 Å². The van der Waals surface area contributed by atoms with E-state index in [0.29, 0.717) is 31.9 Å². The van der Waals surface area contributed by atoms with Crippen molar-refractivity contribution in [1.82, 2.24) is 19.6 Å². The van der Waals surface area contributed by atoms with Crippen molar-refractivity contribution in [3.63, 3.8) is 0 Å². The average Bonchev–Trinajstić information content (AvgIpc) is 3.28. The van der Waals surface area contributed by atoms with Crippen molar-refractivity contribution in [2.45, 2.75) is 6.42 Å². The molecule has 1 aliphatic rings. The van der Waals surface area contributed by atoms with Gasteiger partial charge >= 0.3 is 0 Å². The highest BCUT2D eigenvalue weighted by atomic mass is 32.2. The Morgan fingerprint density at radius 2 is 1.78 bits per heavy atom. The summed E-state index contributed by atoms with van der Waals surface area (Å²) in [4.78, 5) is 23.1. The molecular formula is C22H25N5O3S2. The zero-order valence-corrected chi connectivity index (χ0v) is 19.2. The molecule has 10 heteroatoms. The Morgan fingerprint density at radius 3 is 2.50 bits per heavy atom. The lowest BCUT2D eigenvalue weighted by atomic mass is 10.2. The number of aromatic nitrogens is 2. The predicted molar refractivity (Wildman–Crippen MR) is 126 cm³/mol. The number of sulfonamides is 1. The van der Waals surface area contributed by atoms with Crippen LogP contribution in [0.5, 0.6) is 0 Å². The fourth-order valence-electron chi connectivity index (χ4n) is 3.51. The second-order valence-electron chi connectivity index (χ2n) is 7.43. The van der Waals surface area contributed by atoms with Crippen LogP contribution in [0.15, 0.2) is 60.1 Å². The lowest BCUT2D eigenvalue weighted by molar-refractivity contribution is -0.120. The lowest BCUT2D eigenvalue weighted by Crippen LogP contribution is -2.50. The quantitative estimate of drug-likeness (QED) is 0.540. The van der Waals surface area contributed by atoms with Crippen LogP contribution in [-0.4, -0.2) is 67.1 Å². The summed E-state index contributed by atoms with van der Waals surface area (Å²) in [7, 11) is -3.43. The zero-order chi connectivity index (χ0) is 22.4. The van der Waals surface area contributed by atoms with Crippen LogP contribution in [-0.2, 0) is 21.2 Å². The van der Waals surface area contributed by atoms with Crippen molar-refractivity contribution in [1.29, 1.82) is 0 Å². The monoisotopic (exact) mass is 471 g/mol. The first kappa shape index (κ1) is 22.4. The van der Waals surface area contributed by atoms with Gasteiger partial charge in [-0.25, -0.2) is 18.4 Å². The number of carbonyl (C=O) groups excluding carboxylic acids is 1. The van der Waals surface area contributed by atoms with E-state index in [9.17, 15) is 13.2 Å². The highest BCUT2D eigenvalue weighted by molar-refractivity contribution is 7.89. The van der Waals surface area contributed by atoms with Crippen molar-refractivity contribution < 1.29 is 13.2 Å². The summed E-state index contributed by atoms with van der Waals surface area (Å²) < 4.78 is 26.8. The molecule has 0 radical (unpaired) electrons. The number of anilines is 1. The molecule has 1 aromatic carbocycles. The Morgan fingerprint density at radius 1 is 1.03 bits per heavy atom. The molecule has 3 aromatic rings. The fraction of sp³-hybridized carbons (Fsp3) is 0.318. The average molecular weight is 472 g/mol. The van der Waals surface area contributed by atoms with Gasteiger partial charge in [0.05, 0.1) is 17.9 Å². The van der Waals surface area contributed by atoms with Crippen molar-refractivity contribution in [3.05, 3.63) is 65.8 Å². The number of pyridine rings is 1. The first-order valence-corrected chi connectivity index (χ1v) is 12.9. The Balaban J connectivity index is 1.22. The van der Waals surface area contributed by atoms with Gasteiger partial charge in [0.25, 0.3) is 0 Å². The Labute approximate surface area is 192 Å². The number of piperazine rings is 1.